The van der Waals surface area contributed by atoms with Crippen molar-refractivity contribution in [2.75, 3.05) is 31.0 Å². The Bertz CT molecular complexity index is 989. The summed E-state index contributed by atoms with van der Waals surface area (Å²) in [5.74, 6) is 0.327. The van der Waals surface area contributed by atoms with Crippen molar-refractivity contribution in [1.82, 2.24) is 4.90 Å². The topological polar surface area (TPSA) is 84.9 Å². The molecule has 3 rings (SSSR count). The van der Waals surface area contributed by atoms with E-state index in [4.69, 9.17) is 9.47 Å². The maximum absolute atomic E-state index is 12.8. The molecule has 30 heavy (non-hydrogen) atoms. The van der Waals surface area contributed by atoms with Gasteiger partial charge in [0.15, 0.2) is 6.10 Å². The molecule has 0 aliphatic carbocycles. The number of morpholine rings is 1. The van der Waals surface area contributed by atoms with Crippen LogP contribution in [0.3, 0.4) is 0 Å². The van der Waals surface area contributed by atoms with Crippen LogP contribution in [0, 0.1) is 20.8 Å². The molecule has 162 valence electrons. The smallest absolute Gasteiger partial charge is 0.263 e. The Balaban J connectivity index is 1.69. The number of aryl methyl sites for hydroxylation is 3. The molecule has 1 aliphatic rings. The summed E-state index contributed by atoms with van der Waals surface area (Å²) in [5.41, 5.74) is 3.40. The quantitative estimate of drug-likeness (QED) is 0.758. The van der Waals surface area contributed by atoms with Gasteiger partial charge in [-0.15, -0.1) is 0 Å². The summed E-state index contributed by atoms with van der Waals surface area (Å²) in [4.78, 5) is 14.3. The summed E-state index contributed by atoms with van der Waals surface area (Å²) in [6, 6.07) is 9.95. The van der Waals surface area contributed by atoms with Crippen molar-refractivity contribution in [1.29, 1.82) is 0 Å². The molecule has 0 aromatic heterocycles. The molecule has 2 aromatic carbocycles. The van der Waals surface area contributed by atoms with E-state index in [9.17, 15) is 13.2 Å². The van der Waals surface area contributed by atoms with Gasteiger partial charge in [0.25, 0.3) is 15.9 Å². The third-order valence-electron chi connectivity index (χ3n) is 5.03. The van der Waals surface area contributed by atoms with Gasteiger partial charge in [0.2, 0.25) is 0 Å². The van der Waals surface area contributed by atoms with E-state index in [1.165, 1.54) is 12.1 Å². The van der Waals surface area contributed by atoms with Gasteiger partial charge in [-0.25, -0.2) is 8.42 Å². The number of rotatable bonds is 6. The van der Waals surface area contributed by atoms with Crippen LogP contribution < -0.4 is 9.46 Å². The number of ether oxygens (including phenoxy) is 2. The highest BCUT2D eigenvalue weighted by molar-refractivity contribution is 7.92. The highest BCUT2D eigenvalue weighted by atomic mass is 32.2. The predicted molar refractivity (Wildman–Crippen MR) is 115 cm³/mol. The summed E-state index contributed by atoms with van der Waals surface area (Å²) < 4.78 is 39.3. The average molecular weight is 433 g/mol. The highest BCUT2D eigenvalue weighted by Gasteiger charge is 2.24. The lowest BCUT2D eigenvalue weighted by Gasteiger charge is -2.29. The number of anilines is 1. The maximum atomic E-state index is 12.8. The van der Waals surface area contributed by atoms with E-state index >= 15 is 0 Å². The van der Waals surface area contributed by atoms with E-state index in [1.54, 1.807) is 24.0 Å². The number of sulfonamides is 1. The Labute approximate surface area is 178 Å². The molecule has 2 aromatic rings. The lowest BCUT2D eigenvalue weighted by atomic mass is 10.1. The zero-order chi connectivity index (χ0) is 21.9. The second kappa shape index (κ2) is 9.06. The number of amides is 1. The van der Waals surface area contributed by atoms with Crippen LogP contribution in [-0.4, -0.2) is 51.6 Å². The van der Waals surface area contributed by atoms with Gasteiger partial charge in [-0.2, -0.15) is 0 Å². The van der Waals surface area contributed by atoms with Crippen LogP contribution in [0.1, 0.15) is 23.6 Å². The predicted octanol–water partition coefficient (Wildman–Crippen LogP) is 3.04. The molecule has 7 nitrogen and oxygen atoms in total. The molecule has 0 saturated carbocycles. The Morgan fingerprint density at radius 1 is 1.07 bits per heavy atom. The van der Waals surface area contributed by atoms with E-state index in [-0.39, 0.29) is 10.8 Å². The molecular weight excluding hydrogens is 404 g/mol. The molecule has 1 amide bonds. The number of hydrogen-bond acceptors (Lipinski definition) is 5. The summed E-state index contributed by atoms with van der Waals surface area (Å²) in [7, 11) is -3.74. The summed E-state index contributed by atoms with van der Waals surface area (Å²) in [5, 5.41) is 0. The van der Waals surface area contributed by atoms with E-state index in [0.29, 0.717) is 37.7 Å². The molecule has 1 saturated heterocycles. The van der Waals surface area contributed by atoms with Gasteiger partial charge in [-0.1, -0.05) is 17.7 Å². The fraction of sp³-hybridized carbons (Fsp3) is 0.409. The molecule has 0 bridgehead atoms. The number of nitrogens with one attached hydrogen (secondary N) is 1. The van der Waals surface area contributed by atoms with Crippen molar-refractivity contribution in [3.8, 4) is 5.75 Å². The van der Waals surface area contributed by atoms with Crippen LogP contribution in [0.5, 0.6) is 5.75 Å². The molecule has 0 spiro atoms. The first-order chi connectivity index (χ1) is 14.2. The second-order valence-corrected chi connectivity index (χ2v) is 9.23. The van der Waals surface area contributed by atoms with Crippen molar-refractivity contribution in [2.45, 2.75) is 38.7 Å². The van der Waals surface area contributed by atoms with E-state index < -0.39 is 16.1 Å². The van der Waals surface area contributed by atoms with Gasteiger partial charge in [0.05, 0.1) is 23.8 Å². The molecule has 1 aliphatic heterocycles. The van der Waals surface area contributed by atoms with Crippen LogP contribution in [0.4, 0.5) is 5.69 Å². The molecule has 1 heterocycles. The molecule has 1 fully saturated rings. The Hall–Kier alpha value is -2.58. The SMILES string of the molecule is Cc1cc(C)c(NS(=O)(=O)c2ccc(O[C@H](C)C(=O)N3CCOCC3)cc2)c(C)c1. The maximum Gasteiger partial charge on any atom is 0.263 e. The fourth-order valence-electron chi connectivity index (χ4n) is 3.53. The van der Waals surface area contributed by atoms with Gasteiger partial charge in [-0.3, -0.25) is 9.52 Å². The van der Waals surface area contributed by atoms with Gasteiger partial charge >= 0.3 is 0 Å². The third kappa shape index (κ3) is 5.12. The summed E-state index contributed by atoms with van der Waals surface area (Å²) in [6.07, 6.45) is -0.665. The van der Waals surface area contributed by atoms with E-state index in [2.05, 4.69) is 4.72 Å². The minimum atomic E-state index is -3.74. The minimum absolute atomic E-state index is 0.109. The summed E-state index contributed by atoms with van der Waals surface area (Å²) in [6.45, 7) is 9.56. The number of carbonyl (C=O) groups is 1. The number of nitrogens with zero attached hydrogens (tertiary/aromatic N) is 1. The lowest BCUT2D eigenvalue weighted by Crippen LogP contribution is -2.46. The summed E-state index contributed by atoms with van der Waals surface area (Å²) >= 11 is 0. The Morgan fingerprint density at radius 3 is 2.20 bits per heavy atom. The van der Waals surface area contributed by atoms with Crippen molar-refractivity contribution < 1.29 is 22.7 Å². The number of carbonyl (C=O) groups excluding carboxylic acids is 1. The number of hydrogen-bond donors (Lipinski definition) is 1. The van der Waals surface area contributed by atoms with Crippen molar-refractivity contribution in [2.24, 2.45) is 0 Å². The van der Waals surface area contributed by atoms with Gasteiger partial charge in [0, 0.05) is 13.1 Å². The van der Waals surface area contributed by atoms with E-state index in [1.807, 2.05) is 32.9 Å². The van der Waals surface area contributed by atoms with Crippen LogP contribution in [0.15, 0.2) is 41.3 Å². The largest absolute Gasteiger partial charge is 0.481 e. The molecule has 8 heteroatoms. The second-order valence-electron chi connectivity index (χ2n) is 7.55. The standard InChI is InChI=1S/C22H28N2O5S/c1-15-13-16(2)21(17(3)14-15)23-30(26,27)20-7-5-19(6-8-20)29-18(4)22(25)24-9-11-28-12-10-24/h5-8,13-14,18,23H,9-12H2,1-4H3/t18-/m1/s1. The van der Waals surface area contributed by atoms with Crippen molar-refractivity contribution >= 4 is 21.6 Å². The van der Waals surface area contributed by atoms with Crippen LogP contribution >= 0.6 is 0 Å². The van der Waals surface area contributed by atoms with Crippen LogP contribution in [-0.2, 0) is 19.6 Å². The van der Waals surface area contributed by atoms with Crippen LogP contribution in [0.2, 0.25) is 0 Å². The zero-order valence-corrected chi connectivity index (χ0v) is 18.6. The first-order valence-corrected chi connectivity index (χ1v) is 11.4. The van der Waals surface area contributed by atoms with E-state index in [0.717, 1.165) is 16.7 Å². The average Bonchev–Trinajstić information content (AvgIpc) is 2.71. The minimum Gasteiger partial charge on any atom is -0.481 e. The molecule has 1 atom stereocenters. The zero-order valence-electron chi connectivity index (χ0n) is 17.8. The molecule has 1 N–H and O–H groups in total. The Morgan fingerprint density at radius 2 is 1.63 bits per heavy atom. The first-order valence-electron chi connectivity index (χ1n) is 9.91. The van der Waals surface area contributed by atoms with Crippen molar-refractivity contribution in [3.05, 3.63) is 53.1 Å². The number of benzene rings is 2. The van der Waals surface area contributed by atoms with Crippen LogP contribution in [0.25, 0.3) is 0 Å². The van der Waals surface area contributed by atoms with Gasteiger partial charge in [0.1, 0.15) is 5.75 Å². The third-order valence-corrected chi connectivity index (χ3v) is 6.40. The van der Waals surface area contributed by atoms with Gasteiger partial charge in [-0.05, 0) is 63.1 Å². The van der Waals surface area contributed by atoms with Gasteiger partial charge < -0.3 is 14.4 Å². The lowest BCUT2D eigenvalue weighted by molar-refractivity contribution is -0.142. The highest BCUT2D eigenvalue weighted by Crippen LogP contribution is 2.26. The molecular formula is C22H28N2O5S. The fourth-order valence-corrected chi connectivity index (χ4v) is 4.73. The molecule has 0 unspecified atom stereocenters. The van der Waals surface area contributed by atoms with Crippen molar-refractivity contribution in [3.63, 3.8) is 0 Å². The normalized spacial score (nSPS) is 15.5. The first kappa shape index (κ1) is 22.1. The monoisotopic (exact) mass is 432 g/mol. The Kier molecular flexibility index (Phi) is 6.67. The molecule has 0 radical (unpaired) electrons.